The van der Waals surface area contributed by atoms with Crippen molar-refractivity contribution in [3.63, 3.8) is 0 Å². The van der Waals surface area contributed by atoms with Crippen LogP contribution in [0.1, 0.15) is 23.9 Å². The predicted octanol–water partition coefficient (Wildman–Crippen LogP) is 3.53. The van der Waals surface area contributed by atoms with Gasteiger partial charge in [-0.15, -0.1) is 0 Å². The maximum absolute atomic E-state index is 12.6. The molecule has 25 heavy (non-hydrogen) atoms. The first-order chi connectivity index (χ1) is 12.1. The van der Waals surface area contributed by atoms with Crippen molar-refractivity contribution in [1.82, 2.24) is 19.7 Å². The number of hydrogen-bond donors (Lipinski definition) is 1. The minimum atomic E-state index is -0.0627. The Hall–Kier alpha value is -2.89. The molecule has 2 amide bonds. The molecule has 1 atom stereocenters. The normalized spacial score (nSPS) is 17.2. The van der Waals surface area contributed by atoms with Crippen LogP contribution in [-0.4, -0.2) is 38.8 Å². The lowest BCUT2D eigenvalue weighted by molar-refractivity contribution is 0.220. The van der Waals surface area contributed by atoms with E-state index in [0.717, 1.165) is 40.9 Å². The van der Waals surface area contributed by atoms with Gasteiger partial charge in [0.2, 0.25) is 0 Å². The molecule has 1 N–H and O–H groups in total. The Balaban J connectivity index is 1.45. The molecule has 1 aliphatic heterocycles. The van der Waals surface area contributed by atoms with Crippen molar-refractivity contribution < 1.29 is 4.79 Å². The molecule has 128 valence electrons. The topological polar surface area (TPSA) is 63.1 Å². The molecule has 1 unspecified atom stereocenters. The summed E-state index contributed by atoms with van der Waals surface area (Å²) in [6.07, 6.45) is 2.70. The highest BCUT2D eigenvalue weighted by atomic mass is 16.2. The molecule has 4 rings (SSSR count). The van der Waals surface area contributed by atoms with Crippen LogP contribution in [0, 0.1) is 13.8 Å². The first-order valence-electron chi connectivity index (χ1n) is 8.53. The molecule has 1 saturated heterocycles. The zero-order valence-electron chi connectivity index (χ0n) is 14.4. The summed E-state index contributed by atoms with van der Waals surface area (Å²) < 4.78 is 2.05. The summed E-state index contributed by atoms with van der Waals surface area (Å²) in [7, 11) is 0. The Morgan fingerprint density at radius 2 is 2.12 bits per heavy atom. The number of hydrogen-bond acceptors (Lipinski definition) is 3. The second-order valence-corrected chi connectivity index (χ2v) is 6.60. The van der Waals surface area contributed by atoms with E-state index in [2.05, 4.69) is 28.4 Å². The number of amides is 2. The summed E-state index contributed by atoms with van der Waals surface area (Å²) in [5.74, 6) is 0. The van der Waals surface area contributed by atoms with Gasteiger partial charge in [-0.3, -0.25) is 9.67 Å². The van der Waals surface area contributed by atoms with Gasteiger partial charge in [0.15, 0.2) is 0 Å². The maximum Gasteiger partial charge on any atom is 0.321 e. The van der Waals surface area contributed by atoms with E-state index in [4.69, 9.17) is 0 Å². The molecule has 3 aromatic rings. The average molecular weight is 335 g/mol. The molecule has 6 heteroatoms. The highest BCUT2D eigenvalue weighted by Gasteiger charge is 2.28. The molecular formula is C19H21N5O. The first kappa shape index (κ1) is 15.6. The molecule has 0 radical (unpaired) electrons. The van der Waals surface area contributed by atoms with Crippen LogP contribution in [-0.2, 0) is 0 Å². The number of urea groups is 1. The van der Waals surface area contributed by atoms with E-state index < -0.39 is 0 Å². The van der Waals surface area contributed by atoms with E-state index in [-0.39, 0.29) is 12.1 Å². The van der Waals surface area contributed by atoms with Crippen LogP contribution in [0.2, 0.25) is 0 Å². The number of benzene rings is 1. The molecule has 0 aliphatic carbocycles. The van der Waals surface area contributed by atoms with E-state index in [1.807, 2.05) is 46.8 Å². The molecule has 2 aromatic heterocycles. The molecule has 0 bridgehead atoms. The fourth-order valence-corrected chi connectivity index (χ4v) is 3.50. The van der Waals surface area contributed by atoms with Gasteiger partial charge in [-0.1, -0.05) is 6.07 Å². The van der Waals surface area contributed by atoms with Crippen molar-refractivity contribution in [3.8, 4) is 0 Å². The van der Waals surface area contributed by atoms with Crippen LogP contribution in [0.3, 0.4) is 0 Å². The summed E-state index contributed by atoms with van der Waals surface area (Å²) >= 11 is 0. The lowest BCUT2D eigenvalue weighted by Gasteiger charge is -2.18. The molecule has 6 nitrogen and oxygen atoms in total. The number of nitrogens with zero attached hydrogens (tertiary/aromatic N) is 4. The van der Waals surface area contributed by atoms with Gasteiger partial charge in [0, 0.05) is 36.1 Å². The quantitative estimate of drug-likeness (QED) is 0.779. The van der Waals surface area contributed by atoms with Crippen LogP contribution in [0.25, 0.3) is 10.9 Å². The number of pyridine rings is 1. The first-order valence-corrected chi connectivity index (χ1v) is 8.53. The lowest BCUT2D eigenvalue weighted by atomic mass is 10.2. The smallest absolute Gasteiger partial charge is 0.321 e. The maximum atomic E-state index is 12.6. The summed E-state index contributed by atoms with van der Waals surface area (Å²) in [6.45, 7) is 5.48. The third kappa shape index (κ3) is 3.07. The zero-order chi connectivity index (χ0) is 17.4. The van der Waals surface area contributed by atoms with Crippen LogP contribution in [0.5, 0.6) is 0 Å². The van der Waals surface area contributed by atoms with Crippen molar-refractivity contribution in [2.24, 2.45) is 0 Å². The van der Waals surface area contributed by atoms with Crippen LogP contribution < -0.4 is 5.32 Å². The third-order valence-electron chi connectivity index (χ3n) is 4.70. The second kappa shape index (κ2) is 6.20. The van der Waals surface area contributed by atoms with E-state index in [1.54, 1.807) is 6.20 Å². The number of carbonyl (C=O) groups excluding carboxylic acids is 1. The Morgan fingerprint density at radius 3 is 2.92 bits per heavy atom. The zero-order valence-corrected chi connectivity index (χ0v) is 14.4. The van der Waals surface area contributed by atoms with Crippen LogP contribution in [0.4, 0.5) is 10.5 Å². The SMILES string of the molecule is Cc1cc(C)n(C2CCN(C(=O)Nc3ccc4ncccc4c3)C2)n1. The number of aryl methyl sites for hydroxylation is 2. The van der Waals surface area contributed by atoms with Crippen molar-refractivity contribution >= 4 is 22.6 Å². The number of rotatable bonds is 2. The Labute approximate surface area is 146 Å². The molecule has 0 saturated carbocycles. The minimum absolute atomic E-state index is 0.0627. The van der Waals surface area contributed by atoms with Gasteiger partial charge in [0.1, 0.15) is 0 Å². The van der Waals surface area contributed by atoms with Gasteiger partial charge >= 0.3 is 6.03 Å². The fourth-order valence-electron chi connectivity index (χ4n) is 3.50. The van der Waals surface area contributed by atoms with E-state index >= 15 is 0 Å². The number of likely N-dealkylation sites (tertiary alicyclic amines) is 1. The molecule has 1 aromatic carbocycles. The standard InChI is InChI=1S/C19H21N5O/c1-13-10-14(2)24(22-13)17-7-9-23(12-17)19(25)21-16-5-6-18-15(11-16)4-3-8-20-18/h3-6,8,10-11,17H,7,9,12H2,1-2H3,(H,21,25). The number of nitrogens with one attached hydrogen (secondary N) is 1. The largest absolute Gasteiger partial charge is 0.322 e. The Kier molecular flexibility index (Phi) is 3.87. The van der Waals surface area contributed by atoms with Gasteiger partial charge in [-0.25, -0.2) is 4.79 Å². The van der Waals surface area contributed by atoms with E-state index in [9.17, 15) is 4.79 Å². The number of fused-ring (bicyclic) bond motifs is 1. The Morgan fingerprint density at radius 1 is 1.24 bits per heavy atom. The lowest BCUT2D eigenvalue weighted by Crippen LogP contribution is -2.33. The number of anilines is 1. The summed E-state index contributed by atoms with van der Waals surface area (Å²) in [5.41, 5.74) is 3.88. The van der Waals surface area contributed by atoms with Crippen molar-refractivity contribution in [1.29, 1.82) is 0 Å². The molecular weight excluding hydrogens is 314 g/mol. The van der Waals surface area contributed by atoms with Gasteiger partial charge in [0.05, 0.1) is 17.3 Å². The number of aromatic nitrogens is 3. The van der Waals surface area contributed by atoms with Crippen molar-refractivity contribution in [2.75, 3.05) is 18.4 Å². The second-order valence-electron chi connectivity index (χ2n) is 6.60. The van der Waals surface area contributed by atoms with Gasteiger partial charge in [0.25, 0.3) is 0 Å². The number of carbonyl (C=O) groups is 1. The predicted molar refractivity (Wildman–Crippen MR) is 97.7 cm³/mol. The molecule has 1 fully saturated rings. The Bertz CT molecular complexity index is 932. The van der Waals surface area contributed by atoms with Crippen molar-refractivity contribution in [3.05, 3.63) is 54.0 Å². The molecule has 1 aliphatic rings. The van der Waals surface area contributed by atoms with E-state index in [0.29, 0.717) is 6.54 Å². The fraction of sp³-hybridized carbons (Fsp3) is 0.316. The van der Waals surface area contributed by atoms with Gasteiger partial charge in [-0.2, -0.15) is 5.10 Å². The summed E-state index contributed by atoms with van der Waals surface area (Å²) in [6, 6.07) is 11.9. The van der Waals surface area contributed by atoms with E-state index in [1.165, 1.54) is 0 Å². The van der Waals surface area contributed by atoms with Crippen molar-refractivity contribution in [2.45, 2.75) is 26.3 Å². The highest BCUT2D eigenvalue weighted by Crippen LogP contribution is 2.24. The minimum Gasteiger partial charge on any atom is -0.322 e. The average Bonchev–Trinajstić information content (AvgIpc) is 3.21. The van der Waals surface area contributed by atoms with Gasteiger partial charge in [-0.05, 0) is 50.6 Å². The van der Waals surface area contributed by atoms with Crippen LogP contribution >= 0.6 is 0 Å². The molecule has 0 spiro atoms. The summed E-state index contributed by atoms with van der Waals surface area (Å²) in [4.78, 5) is 18.7. The van der Waals surface area contributed by atoms with Gasteiger partial charge < -0.3 is 10.2 Å². The molecule has 3 heterocycles. The monoisotopic (exact) mass is 335 g/mol. The summed E-state index contributed by atoms with van der Waals surface area (Å²) in [5, 5.41) is 8.57. The van der Waals surface area contributed by atoms with Crippen LogP contribution in [0.15, 0.2) is 42.6 Å². The third-order valence-corrected chi connectivity index (χ3v) is 4.70. The highest BCUT2D eigenvalue weighted by molar-refractivity contribution is 5.92.